The van der Waals surface area contributed by atoms with E-state index in [-0.39, 0.29) is 6.17 Å². The summed E-state index contributed by atoms with van der Waals surface area (Å²) < 4.78 is 10.9. The molecule has 5 nitrogen and oxygen atoms in total. The molecule has 0 saturated heterocycles. The monoisotopic (exact) mass is 401 g/mol. The van der Waals surface area contributed by atoms with Gasteiger partial charge in [-0.15, -0.1) is 0 Å². The van der Waals surface area contributed by atoms with Crippen LogP contribution in [0.4, 0.5) is 0 Å². The summed E-state index contributed by atoms with van der Waals surface area (Å²) in [7, 11) is 3.30. The summed E-state index contributed by atoms with van der Waals surface area (Å²) in [4.78, 5) is 7.34. The van der Waals surface area contributed by atoms with Crippen molar-refractivity contribution in [1.82, 2.24) is 4.90 Å². The van der Waals surface area contributed by atoms with E-state index in [4.69, 9.17) is 20.2 Å². The molecular formula is C25H27N3O2. The minimum Gasteiger partial charge on any atom is -0.493 e. The molecule has 0 aliphatic carbocycles. The Morgan fingerprint density at radius 3 is 2.50 bits per heavy atom. The standard InChI is InChI=1S/C25H27N3O2/c1-17-7-9-22-21(11-17)16-28(15-19-6-4-5-18(12-19)14-26)25(27-22)20-8-10-23(29-2)24(13-20)30-3/h4-13,16,25H,14-15,26H2,1-3H3. The zero-order valence-electron chi connectivity index (χ0n) is 17.6. The molecule has 1 heterocycles. The van der Waals surface area contributed by atoms with Crippen molar-refractivity contribution in [3.63, 3.8) is 0 Å². The Morgan fingerprint density at radius 2 is 1.73 bits per heavy atom. The first-order valence-corrected chi connectivity index (χ1v) is 10.0. The molecule has 1 atom stereocenters. The van der Waals surface area contributed by atoms with Gasteiger partial charge in [0.15, 0.2) is 11.5 Å². The maximum Gasteiger partial charge on any atom is 0.161 e. The molecule has 0 amide bonds. The fourth-order valence-electron chi connectivity index (χ4n) is 3.83. The summed E-state index contributed by atoms with van der Waals surface area (Å²) in [5.41, 5.74) is 10.4. The highest BCUT2D eigenvalue weighted by Gasteiger charge is 2.21. The Bertz CT molecular complexity index is 1170. The smallest absolute Gasteiger partial charge is 0.161 e. The van der Waals surface area contributed by atoms with Crippen LogP contribution in [-0.2, 0) is 13.1 Å². The first kappa shape index (κ1) is 20.0. The first-order chi connectivity index (χ1) is 14.6. The van der Waals surface area contributed by atoms with E-state index < -0.39 is 0 Å². The predicted octanol–water partition coefficient (Wildman–Crippen LogP) is 3.04. The highest BCUT2D eigenvalue weighted by molar-refractivity contribution is 5.45. The largest absolute Gasteiger partial charge is 0.493 e. The zero-order chi connectivity index (χ0) is 21.1. The van der Waals surface area contributed by atoms with Crippen LogP contribution in [0, 0.1) is 6.92 Å². The Hall–Kier alpha value is -3.31. The molecule has 1 aliphatic rings. The molecule has 0 bridgehead atoms. The van der Waals surface area contributed by atoms with Crippen molar-refractivity contribution in [3.8, 4) is 11.5 Å². The quantitative estimate of drug-likeness (QED) is 0.690. The molecule has 30 heavy (non-hydrogen) atoms. The molecule has 3 aromatic carbocycles. The van der Waals surface area contributed by atoms with E-state index in [2.05, 4.69) is 60.5 Å². The Balaban J connectivity index is 1.79. The average Bonchev–Trinajstić information content (AvgIpc) is 2.78. The number of rotatable bonds is 6. The number of hydrogen-bond donors (Lipinski definition) is 1. The third-order valence-electron chi connectivity index (χ3n) is 5.36. The molecule has 0 spiro atoms. The van der Waals surface area contributed by atoms with Crippen molar-refractivity contribution in [1.29, 1.82) is 0 Å². The third-order valence-corrected chi connectivity index (χ3v) is 5.36. The average molecular weight is 402 g/mol. The maximum atomic E-state index is 5.84. The second kappa shape index (κ2) is 8.59. The van der Waals surface area contributed by atoms with E-state index in [1.807, 2.05) is 18.2 Å². The van der Waals surface area contributed by atoms with Gasteiger partial charge < -0.3 is 20.1 Å². The van der Waals surface area contributed by atoms with Crippen LogP contribution in [0.2, 0.25) is 0 Å². The molecule has 5 heteroatoms. The number of hydrogen-bond acceptors (Lipinski definition) is 5. The molecule has 2 N–H and O–H groups in total. The van der Waals surface area contributed by atoms with Crippen LogP contribution in [0.5, 0.6) is 11.5 Å². The Kier molecular flexibility index (Phi) is 5.72. The molecule has 0 fully saturated rings. The summed E-state index contributed by atoms with van der Waals surface area (Å²) in [5, 5.41) is 2.12. The molecule has 1 aliphatic heterocycles. The number of fused-ring (bicyclic) bond motifs is 1. The maximum absolute atomic E-state index is 5.84. The summed E-state index contributed by atoms with van der Waals surface area (Å²) in [5.74, 6) is 1.41. The summed E-state index contributed by atoms with van der Waals surface area (Å²) in [6.07, 6.45) is 2.03. The molecule has 4 rings (SSSR count). The van der Waals surface area contributed by atoms with Crippen LogP contribution in [0.3, 0.4) is 0 Å². The molecule has 3 aromatic rings. The number of ether oxygens (including phenoxy) is 2. The number of benzene rings is 3. The summed E-state index contributed by atoms with van der Waals surface area (Å²) >= 11 is 0. The second-order valence-electron chi connectivity index (χ2n) is 7.50. The van der Waals surface area contributed by atoms with Gasteiger partial charge in [-0.05, 0) is 42.3 Å². The van der Waals surface area contributed by atoms with Crippen molar-refractivity contribution < 1.29 is 9.47 Å². The highest BCUT2D eigenvalue weighted by Crippen LogP contribution is 2.33. The van der Waals surface area contributed by atoms with E-state index in [9.17, 15) is 0 Å². The number of aryl methyl sites for hydroxylation is 1. The minimum atomic E-state index is -0.165. The van der Waals surface area contributed by atoms with Crippen molar-refractivity contribution >= 4 is 6.20 Å². The van der Waals surface area contributed by atoms with Crippen molar-refractivity contribution in [2.75, 3.05) is 14.2 Å². The van der Waals surface area contributed by atoms with E-state index in [1.165, 1.54) is 11.1 Å². The lowest BCUT2D eigenvalue weighted by molar-refractivity contribution is 0.296. The molecule has 154 valence electrons. The van der Waals surface area contributed by atoms with Crippen molar-refractivity contribution in [3.05, 3.63) is 93.5 Å². The van der Waals surface area contributed by atoms with Gasteiger partial charge in [0.2, 0.25) is 0 Å². The normalized spacial score (nSPS) is 15.1. The van der Waals surface area contributed by atoms with Crippen LogP contribution in [0.1, 0.15) is 28.4 Å². The van der Waals surface area contributed by atoms with Gasteiger partial charge in [-0.2, -0.15) is 0 Å². The molecular weight excluding hydrogens is 374 g/mol. The van der Waals surface area contributed by atoms with Gasteiger partial charge >= 0.3 is 0 Å². The minimum absolute atomic E-state index is 0.165. The Labute approximate surface area is 177 Å². The van der Waals surface area contributed by atoms with Crippen LogP contribution < -0.4 is 25.8 Å². The summed E-state index contributed by atoms with van der Waals surface area (Å²) in [6.45, 7) is 3.36. The molecule has 0 radical (unpaired) electrons. The molecule has 1 unspecified atom stereocenters. The fourth-order valence-corrected chi connectivity index (χ4v) is 3.83. The van der Waals surface area contributed by atoms with E-state index in [0.29, 0.717) is 18.0 Å². The van der Waals surface area contributed by atoms with E-state index in [0.717, 1.165) is 28.2 Å². The first-order valence-electron chi connectivity index (χ1n) is 10.0. The SMILES string of the molecule is COc1ccc(C2N=c3ccc(C)cc3=CN2Cc2cccc(CN)c2)cc1OC. The zero-order valence-corrected chi connectivity index (χ0v) is 17.6. The van der Waals surface area contributed by atoms with Crippen LogP contribution >= 0.6 is 0 Å². The predicted molar refractivity (Wildman–Crippen MR) is 119 cm³/mol. The van der Waals surface area contributed by atoms with Gasteiger partial charge in [-0.1, -0.05) is 42.0 Å². The lowest BCUT2D eigenvalue weighted by atomic mass is 10.1. The van der Waals surface area contributed by atoms with Gasteiger partial charge in [0.1, 0.15) is 6.17 Å². The molecule has 0 saturated carbocycles. The Morgan fingerprint density at radius 1 is 0.933 bits per heavy atom. The van der Waals surface area contributed by atoms with Crippen LogP contribution in [0.25, 0.3) is 6.20 Å². The summed E-state index contributed by atoms with van der Waals surface area (Å²) in [6, 6.07) is 20.7. The van der Waals surface area contributed by atoms with Gasteiger partial charge in [0.05, 0.1) is 19.6 Å². The number of nitrogens with zero attached hydrogens (tertiary/aromatic N) is 2. The number of methoxy groups -OCH3 is 2. The van der Waals surface area contributed by atoms with Crippen molar-refractivity contribution in [2.24, 2.45) is 10.7 Å². The molecule has 0 aromatic heterocycles. The highest BCUT2D eigenvalue weighted by atomic mass is 16.5. The van der Waals surface area contributed by atoms with E-state index >= 15 is 0 Å². The number of nitrogens with two attached hydrogens (primary N) is 1. The van der Waals surface area contributed by atoms with Gasteiger partial charge in [0.25, 0.3) is 0 Å². The van der Waals surface area contributed by atoms with Gasteiger partial charge in [-0.3, -0.25) is 4.99 Å². The lowest BCUT2D eigenvalue weighted by Gasteiger charge is -2.31. The third kappa shape index (κ3) is 4.02. The lowest BCUT2D eigenvalue weighted by Crippen LogP contribution is -2.37. The second-order valence-corrected chi connectivity index (χ2v) is 7.50. The van der Waals surface area contributed by atoms with Gasteiger partial charge in [0, 0.05) is 30.1 Å². The topological polar surface area (TPSA) is 60.1 Å². The van der Waals surface area contributed by atoms with E-state index in [1.54, 1.807) is 14.2 Å². The van der Waals surface area contributed by atoms with Crippen LogP contribution in [0.15, 0.2) is 65.7 Å². The van der Waals surface area contributed by atoms with Crippen LogP contribution in [-0.4, -0.2) is 19.1 Å². The fraction of sp³-hybridized carbons (Fsp3) is 0.240. The van der Waals surface area contributed by atoms with Crippen molar-refractivity contribution in [2.45, 2.75) is 26.2 Å². The van der Waals surface area contributed by atoms with Gasteiger partial charge in [-0.25, -0.2) is 0 Å².